The van der Waals surface area contributed by atoms with Crippen molar-refractivity contribution in [3.8, 4) is 0 Å². The molecule has 0 bridgehead atoms. The van der Waals surface area contributed by atoms with Gasteiger partial charge in [-0.15, -0.1) is 16.4 Å². The van der Waals surface area contributed by atoms with E-state index in [1.54, 1.807) is 12.3 Å². The van der Waals surface area contributed by atoms with Gasteiger partial charge < -0.3 is 16.2 Å². The van der Waals surface area contributed by atoms with Gasteiger partial charge in [-0.1, -0.05) is 6.92 Å². The highest BCUT2D eigenvalue weighted by Crippen LogP contribution is 2.31. The second-order valence-corrected chi connectivity index (χ2v) is 5.09. The average Bonchev–Trinajstić information content (AvgIpc) is 2.73. The zero-order chi connectivity index (χ0) is 13.1. The van der Waals surface area contributed by atoms with Crippen LogP contribution >= 0.6 is 11.3 Å². The van der Waals surface area contributed by atoms with E-state index in [9.17, 15) is 4.79 Å². The Hall–Kier alpha value is -1.73. The molecule has 0 spiro atoms. The molecular formula is C11H14N4O2S. The molecule has 0 radical (unpaired) electrons. The Bertz CT molecular complexity index is 569. The first-order valence-electron chi connectivity index (χ1n) is 5.52. The predicted octanol–water partition coefficient (Wildman–Crippen LogP) is 0.632. The van der Waals surface area contributed by atoms with Crippen LogP contribution in [0.15, 0.2) is 12.3 Å². The van der Waals surface area contributed by atoms with Crippen LogP contribution in [0.1, 0.15) is 16.6 Å². The van der Waals surface area contributed by atoms with E-state index in [1.807, 2.05) is 6.92 Å². The largest absolute Gasteiger partial charge is 0.397 e. The molecule has 2 aromatic heterocycles. The molecule has 2 aromatic rings. The second kappa shape index (κ2) is 5.28. The van der Waals surface area contributed by atoms with Crippen molar-refractivity contribution < 1.29 is 9.90 Å². The van der Waals surface area contributed by atoms with Gasteiger partial charge in [-0.05, 0) is 12.0 Å². The molecule has 2 rings (SSSR count). The fraction of sp³-hybridized carbons (Fsp3) is 0.364. The topological polar surface area (TPSA) is 101 Å². The standard InChI is InChI=1S/C11H14N4O2S/c1-6(5-16)4-13-10(17)9-8(12)7-2-3-14-15-11(7)18-9/h2-3,6,16H,4-5,12H2,1H3,(H,13,17). The number of thiophene rings is 1. The van der Waals surface area contributed by atoms with Gasteiger partial charge in [0.2, 0.25) is 0 Å². The Morgan fingerprint density at radius 1 is 1.67 bits per heavy atom. The molecule has 0 aliphatic rings. The van der Waals surface area contributed by atoms with Crippen LogP contribution in [0.3, 0.4) is 0 Å². The summed E-state index contributed by atoms with van der Waals surface area (Å²) < 4.78 is 0. The number of aromatic nitrogens is 2. The summed E-state index contributed by atoms with van der Waals surface area (Å²) in [7, 11) is 0. The van der Waals surface area contributed by atoms with Gasteiger partial charge in [-0.25, -0.2) is 0 Å². The number of carbonyl (C=O) groups excluding carboxylic acids is 1. The fourth-order valence-corrected chi connectivity index (χ4v) is 2.41. The SMILES string of the molecule is CC(CO)CNC(=O)c1sc2nnccc2c1N. The Balaban J connectivity index is 2.20. The molecular weight excluding hydrogens is 252 g/mol. The van der Waals surface area contributed by atoms with Gasteiger partial charge in [-0.2, -0.15) is 5.10 Å². The van der Waals surface area contributed by atoms with Crippen molar-refractivity contribution in [3.63, 3.8) is 0 Å². The molecule has 1 unspecified atom stereocenters. The van der Waals surface area contributed by atoms with Gasteiger partial charge in [0, 0.05) is 18.5 Å². The molecule has 18 heavy (non-hydrogen) atoms. The number of aliphatic hydroxyl groups is 1. The number of hydrogen-bond acceptors (Lipinski definition) is 6. The predicted molar refractivity (Wildman–Crippen MR) is 70.4 cm³/mol. The van der Waals surface area contributed by atoms with Crippen molar-refractivity contribution in [2.45, 2.75) is 6.92 Å². The Kier molecular flexibility index (Phi) is 3.73. The maximum Gasteiger partial charge on any atom is 0.263 e. The Labute approximate surface area is 108 Å². The summed E-state index contributed by atoms with van der Waals surface area (Å²) >= 11 is 1.22. The highest BCUT2D eigenvalue weighted by Gasteiger charge is 2.17. The molecule has 2 heterocycles. The first kappa shape index (κ1) is 12.7. The maximum atomic E-state index is 11.9. The zero-order valence-corrected chi connectivity index (χ0v) is 10.7. The number of carbonyl (C=O) groups is 1. The van der Waals surface area contributed by atoms with Gasteiger partial charge in [0.15, 0.2) is 0 Å². The van der Waals surface area contributed by atoms with Gasteiger partial charge in [0.05, 0.1) is 11.9 Å². The van der Waals surface area contributed by atoms with E-state index < -0.39 is 0 Å². The number of anilines is 1. The quantitative estimate of drug-likeness (QED) is 0.753. The van der Waals surface area contributed by atoms with E-state index in [0.717, 1.165) is 5.39 Å². The molecule has 6 nitrogen and oxygen atoms in total. The first-order chi connectivity index (χ1) is 8.63. The lowest BCUT2D eigenvalue weighted by molar-refractivity contribution is 0.0947. The molecule has 0 saturated carbocycles. The smallest absolute Gasteiger partial charge is 0.263 e. The van der Waals surface area contributed by atoms with Crippen LogP contribution in [0.25, 0.3) is 10.2 Å². The number of fused-ring (bicyclic) bond motifs is 1. The summed E-state index contributed by atoms with van der Waals surface area (Å²) in [6, 6.07) is 1.74. The molecule has 0 aromatic carbocycles. The summed E-state index contributed by atoms with van der Waals surface area (Å²) in [5.74, 6) is -0.222. The van der Waals surface area contributed by atoms with E-state index in [4.69, 9.17) is 10.8 Å². The van der Waals surface area contributed by atoms with Crippen LogP contribution in [0.2, 0.25) is 0 Å². The summed E-state index contributed by atoms with van der Waals surface area (Å²) in [5, 5.41) is 20.1. The zero-order valence-electron chi connectivity index (χ0n) is 9.88. The van der Waals surface area contributed by atoms with Crippen LogP contribution < -0.4 is 11.1 Å². The van der Waals surface area contributed by atoms with E-state index >= 15 is 0 Å². The number of amides is 1. The lowest BCUT2D eigenvalue weighted by Gasteiger charge is -2.08. The first-order valence-corrected chi connectivity index (χ1v) is 6.33. The minimum atomic E-state index is -0.240. The highest BCUT2D eigenvalue weighted by atomic mass is 32.1. The third-order valence-corrected chi connectivity index (χ3v) is 3.65. The van der Waals surface area contributed by atoms with E-state index in [1.165, 1.54) is 11.3 Å². The van der Waals surface area contributed by atoms with Gasteiger partial charge in [0.1, 0.15) is 9.71 Å². The number of nitrogens with one attached hydrogen (secondary N) is 1. The van der Waals surface area contributed by atoms with Crippen LogP contribution in [-0.2, 0) is 0 Å². The normalized spacial score (nSPS) is 12.6. The fourth-order valence-electron chi connectivity index (χ4n) is 1.45. The summed E-state index contributed by atoms with van der Waals surface area (Å²) in [6.07, 6.45) is 1.54. The molecule has 7 heteroatoms. The second-order valence-electron chi connectivity index (χ2n) is 4.09. The van der Waals surface area contributed by atoms with Gasteiger partial charge in [0.25, 0.3) is 5.91 Å². The number of nitrogens with zero attached hydrogens (tertiary/aromatic N) is 2. The third-order valence-electron chi connectivity index (χ3n) is 2.55. The lowest BCUT2D eigenvalue weighted by Crippen LogP contribution is -2.29. The molecule has 0 aliphatic carbocycles. The van der Waals surface area contributed by atoms with Crippen molar-refractivity contribution in [3.05, 3.63) is 17.1 Å². The van der Waals surface area contributed by atoms with E-state index in [2.05, 4.69) is 15.5 Å². The summed E-state index contributed by atoms with van der Waals surface area (Å²) in [4.78, 5) is 13.0. The number of nitrogens with two attached hydrogens (primary N) is 1. The molecule has 0 saturated heterocycles. The van der Waals surface area contributed by atoms with Gasteiger partial charge in [-0.3, -0.25) is 4.79 Å². The highest BCUT2D eigenvalue weighted by molar-refractivity contribution is 7.21. The summed E-state index contributed by atoms with van der Waals surface area (Å²) in [5.41, 5.74) is 6.34. The number of aliphatic hydroxyl groups excluding tert-OH is 1. The molecule has 1 amide bonds. The minimum absolute atomic E-state index is 0.0179. The number of hydrogen-bond donors (Lipinski definition) is 3. The van der Waals surface area contributed by atoms with Crippen molar-refractivity contribution in [2.24, 2.45) is 5.92 Å². The van der Waals surface area contributed by atoms with Crippen LogP contribution in [-0.4, -0.2) is 34.4 Å². The van der Waals surface area contributed by atoms with E-state index in [0.29, 0.717) is 21.9 Å². The van der Waals surface area contributed by atoms with Crippen molar-refractivity contribution >= 4 is 33.1 Å². The van der Waals surface area contributed by atoms with E-state index in [-0.39, 0.29) is 18.4 Å². The third kappa shape index (κ3) is 2.41. The molecule has 1 atom stereocenters. The van der Waals surface area contributed by atoms with Crippen molar-refractivity contribution in [1.82, 2.24) is 15.5 Å². The monoisotopic (exact) mass is 266 g/mol. The molecule has 0 fully saturated rings. The number of rotatable bonds is 4. The summed E-state index contributed by atoms with van der Waals surface area (Å²) in [6.45, 7) is 2.29. The Morgan fingerprint density at radius 3 is 3.11 bits per heavy atom. The molecule has 4 N–H and O–H groups in total. The van der Waals surface area contributed by atoms with Crippen LogP contribution in [0.5, 0.6) is 0 Å². The van der Waals surface area contributed by atoms with Crippen molar-refractivity contribution in [1.29, 1.82) is 0 Å². The van der Waals surface area contributed by atoms with Gasteiger partial charge >= 0.3 is 0 Å². The van der Waals surface area contributed by atoms with Crippen molar-refractivity contribution in [2.75, 3.05) is 18.9 Å². The lowest BCUT2D eigenvalue weighted by atomic mass is 10.2. The molecule has 96 valence electrons. The average molecular weight is 266 g/mol. The minimum Gasteiger partial charge on any atom is -0.397 e. The van der Waals surface area contributed by atoms with Crippen LogP contribution in [0.4, 0.5) is 5.69 Å². The maximum absolute atomic E-state index is 11.9. The molecule has 0 aliphatic heterocycles. The Morgan fingerprint density at radius 2 is 2.44 bits per heavy atom. The van der Waals surface area contributed by atoms with Crippen LogP contribution in [0, 0.1) is 5.92 Å². The number of nitrogen functional groups attached to an aromatic ring is 1.